The lowest BCUT2D eigenvalue weighted by Crippen LogP contribution is -2.38. The Morgan fingerprint density at radius 1 is 1.05 bits per heavy atom. The molecule has 0 aromatic heterocycles. The quantitative estimate of drug-likeness (QED) is 0.733. The van der Waals surface area contributed by atoms with Crippen molar-refractivity contribution in [2.75, 3.05) is 32.1 Å². The molecule has 0 fully saturated rings. The molecule has 0 saturated heterocycles. The number of benzene rings is 1. The maximum atomic E-state index is 12.8. The number of hydrogen-bond donors (Lipinski definition) is 1. The molecule has 6 nitrogen and oxygen atoms in total. The molecule has 0 aliphatic heterocycles. The van der Waals surface area contributed by atoms with Gasteiger partial charge >= 0.3 is 0 Å². The van der Waals surface area contributed by atoms with Gasteiger partial charge in [-0.15, -0.1) is 0 Å². The Morgan fingerprint density at radius 3 is 2.10 bits per heavy atom. The lowest BCUT2D eigenvalue weighted by atomic mass is 10.1. The highest BCUT2D eigenvalue weighted by molar-refractivity contribution is 7.88. The van der Waals surface area contributed by atoms with Crippen molar-refractivity contribution in [3.8, 4) is 0 Å². The first-order valence-corrected chi connectivity index (χ1v) is 9.96. The molecule has 0 spiro atoms. The minimum atomic E-state index is -3.44. The molecular formula is C12H19FN2O4S2. The SMILES string of the molecule is CS(=O)(=O)NCCN(CCc1ccc(F)cc1)S(C)(=O)=O. The molecule has 0 atom stereocenters. The monoisotopic (exact) mass is 338 g/mol. The van der Waals surface area contributed by atoms with Gasteiger partial charge in [-0.2, -0.15) is 0 Å². The van der Waals surface area contributed by atoms with E-state index < -0.39 is 20.0 Å². The summed E-state index contributed by atoms with van der Waals surface area (Å²) in [6, 6.07) is 5.80. The highest BCUT2D eigenvalue weighted by Crippen LogP contribution is 2.06. The van der Waals surface area contributed by atoms with Gasteiger partial charge in [-0.25, -0.2) is 30.3 Å². The second-order valence-electron chi connectivity index (χ2n) is 4.71. The largest absolute Gasteiger partial charge is 0.214 e. The number of halogens is 1. The van der Waals surface area contributed by atoms with Gasteiger partial charge in [0.2, 0.25) is 20.0 Å². The molecule has 9 heteroatoms. The average Bonchev–Trinajstić information content (AvgIpc) is 2.32. The second kappa shape index (κ2) is 7.30. The highest BCUT2D eigenvalue weighted by Gasteiger charge is 2.16. The Morgan fingerprint density at radius 2 is 1.62 bits per heavy atom. The van der Waals surface area contributed by atoms with Gasteiger partial charge < -0.3 is 0 Å². The zero-order chi connectivity index (χ0) is 16.1. The number of nitrogens with zero attached hydrogens (tertiary/aromatic N) is 1. The van der Waals surface area contributed by atoms with E-state index in [1.54, 1.807) is 12.1 Å². The topological polar surface area (TPSA) is 83.6 Å². The molecule has 0 aliphatic rings. The molecule has 0 radical (unpaired) electrons. The molecule has 0 saturated carbocycles. The van der Waals surface area contributed by atoms with Crippen molar-refractivity contribution in [3.05, 3.63) is 35.6 Å². The fraction of sp³-hybridized carbons (Fsp3) is 0.500. The summed E-state index contributed by atoms with van der Waals surface area (Å²) in [5.41, 5.74) is 0.807. The van der Waals surface area contributed by atoms with E-state index in [-0.39, 0.29) is 25.5 Å². The van der Waals surface area contributed by atoms with E-state index >= 15 is 0 Å². The zero-order valence-corrected chi connectivity index (χ0v) is 13.5. The van der Waals surface area contributed by atoms with E-state index in [1.807, 2.05) is 0 Å². The fourth-order valence-corrected chi connectivity index (χ4v) is 3.01. The van der Waals surface area contributed by atoms with Crippen LogP contribution < -0.4 is 4.72 Å². The lowest BCUT2D eigenvalue weighted by Gasteiger charge is -2.19. The third-order valence-corrected chi connectivity index (χ3v) is 4.79. The highest BCUT2D eigenvalue weighted by atomic mass is 32.2. The van der Waals surface area contributed by atoms with Crippen LogP contribution in [0.25, 0.3) is 0 Å². The van der Waals surface area contributed by atoms with E-state index in [0.717, 1.165) is 18.1 Å². The molecule has 0 unspecified atom stereocenters. The van der Waals surface area contributed by atoms with Gasteiger partial charge in [0.15, 0.2) is 0 Å². The molecule has 1 rings (SSSR count). The molecular weight excluding hydrogens is 319 g/mol. The Bertz CT molecular complexity index is 657. The maximum absolute atomic E-state index is 12.8. The van der Waals surface area contributed by atoms with Crippen LogP contribution in [-0.2, 0) is 26.5 Å². The minimum Gasteiger partial charge on any atom is -0.214 e. The van der Waals surface area contributed by atoms with Crippen molar-refractivity contribution in [3.63, 3.8) is 0 Å². The number of rotatable bonds is 8. The summed E-state index contributed by atoms with van der Waals surface area (Å²) in [5, 5.41) is 0. The van der Waals surface area contributed by atoms with E-state index in [4.69, 9.17) is 0 Å². The van der Waals surface area contributed by atoms with Crippen molar-refractivity contribution in [2.24, 2.45) is 0 Å². The van der Waals surface area contributed by atoms with Gasteiger partial charge in [0, 0.05) is 19.6 Å². The summed E-state index contributed by atoms with van der Waals surface area (Å²) >= 11 is 0. The van der Waals surface area contributed by atoms with Crippen LogP contribution in [0.3, 0.4) is 0 Å². The first-order valence-electron chi connectivity index (χ1n) is 6.22. The van der Waals surface area contributed by atoms with Crippen LogP contribution in [0.4, 0.5) is 4.39 Å². The summed E-state index contributed by atoms with van der Waals surface area (Å²) in [4.78, 5) is 0. The van der Waals surface area contributed by atoms with E-state index in [0.29, 0.717) is 6.42 Å². The van der Waals surface area contributed by atoms with Crippen molar-refractivity contribution in [2.45, 2.75) is 6.42 Å². The maximum Gasteiger partial charge on any atom is 0.211 e. The molecule has 1 aromatic carbocycles. The van der Waals surface area contributed by atoms with Gasteiger partial charge in [0.1, 0.15) is 5.82 Å². The smallest absolute Gasteiger partial charge is 0.211 e. The molecule has 0 aliphatic carbocycles. The predicted molar refractivity (Wildman–Crippen MR) is 79.4 cm³/mol. The van der Waals surface area contributed by atoms with Gasteiger partial charge in [0.25, 0.3) is 0 Å². The normalized spacial score (nSPS) is 12.8. The van der Waals surface area contributed by atoms with Crippen LogP contribution in [0.5, 0.6) is 0 Å². The van der Waals surface area contributed by atoms with Gasteiger partial charge in [-0.05, 0) is 24.1 Å². The first-order chi connectivity index (χ1) is 9.58. The van der Waals surface area contributed by atoms with Crippen LogP contribution in [0.2, 0.25) is 0 Å². The molecule has 0 bridgehead atoms. The summed E-state index contributed by atoms with van der Waals surface area (Å²) in [5.74, 6) is -0.351. The Labute approximate surface area is 125 Å². The predicted octanol–water partition coefficient (Wildman–Crippen LogP) is 0.179. The summed E-state index contributed by atoms with van der Waals surface area (Å²) in [7, 11) is -6.79. The van der Waals surface area contributed by atoms with Gasteiger partial charge in [-0.1, -0.05) is 12.1 Å². The molecule has 120 valence electrons. The Hall–Kier alpha value is -1.03. The number of sulfonamides is 2. The molecule has 1 N–H and O–H groups in total. The van der Waals surface area contributed by atoms with Crippen LogP contribution in [0, 0.1) is 5.82 Å². The van der Waals surface area contributed by atoms with Crippen molar-refractivity contribution < 1.29 is 21.2 Å². The van der Waals surface area contributed by atoms with Gasteiger partial charge in [0.05, 0.1) is 12.5 Å². The molecule has 0 heterocycles. The molecule has 1 aromatic rings. The second-order valence-corrected chi connectivity index (χ2v) is 8.52. The van der Waals surface area contributed by atoms with E-state index in [1.165, 1.54) is 16.4 Å². The van der Waals surface area contributed by atoms with Crippen molar-refractivity contribution >= 4 is 20.0 Å². The standard InChI is InChI=1S/C12H19FN2O4S2/c1-20(16,17)14-8-10-15(21(2,18)19)9-7-11-3-5-12(13)6-4-11/h3-6,14H,7-10H2,1-2H3. The van der Waals surface area contributed by atoms with E-state index in [9.17, 15) is 21.2 Å². The fourth-order valence-electron chi connectivity index (χ4n) is 1.70. The van der Waals surface area contributed by atoms with Gasteiger partial charge in [-0.3, -0.25) is 0 Å². The van der Waals surface area contributed by atoms with Crippen LogP contribution in [0.1, 0.15) is 5.56 Å². The van der Waals surface area contributed by atoms with Crippen LogP contribution in [0.15, 0.2) is 24.3 Å². The third kappa shape index (κ3) is 7.51. The minimum absolute atomic E-state index is 0.00925. The number of hydrogen-bond acceptors (Lipinski definition) is 4. The summed E-state index contributed by atoms with van der Waals surface area (Å²) in [6.07, 6.45) is 2.50. The van der Waals surface area contributed by atoms with Crippen molar-refractivity contribution in [1.82, 2.24) is 9.03 Å². The summed E-state index contributed by atoms with van der Waals surface area (Å²) < 4.78 is 61.4. The van der Waals surface area contributed by atoms with Crippen LogP contribution >= 0.6 is 0 Å². The third-order valence-electron chi connectivity index (χ3n) is 2.76. The van der Waals surface area contributed by atoms with E-state index in [2.05, 4.69) is 4.72 Å². The zero-order valence-electron chi connectivity index (χ0n) is 11.9. The first kappa shape index (κ1) is 18.0. The summed E-state index contributed by atoms with van der Waals surface area (Å²) in [6.45, 7) is 0.262. The Balaban J connectivity index is 2.60. The van der Waals surface area contributed by atoms with Crippen LogP contribution in [-0.4, -0.2) is 53.3 Å². The molecule has 21 heavy (non-hydrogen) atoms. The average molecular weight is 338 g/mol. The Kier molecular flexibility index (Phi) is 6.26. The molecule has 0 amide bonds. The van der Waals surface area contributed by atoms with Crippen molar-refractivity contribution in [1.29, 1.82) is 0 Å². The lowest BCUT2D eigenvalue weighted by molar-refractivity contribution is 0.420. The number of nitrogens with one attached hydrogen (secondary N) is 1.